The monoisotopic (exact) mass is 468 g/mol. The normalized spacial score (nSPS) is 14.3. The number of aromatic nitrogens is 1. The number of thiazole rings is 1. The molecule has 2 aromatic carbocycles. The molecular formula is C24H28N4O4S. The molecular weight excluding hydrogens is 440 g/mol. The minimum absolute atomic E-state index is 0.0910. The Morgan fingerprint density at radius 1 is 1.09 bits per heavy atom. The van der Waals surface area contributed by atoms with Crippen LogP contribution >= 0.6 is 11.3 Å². The van der Waals surface area contributed by atoms with Crippen molar-refractivity contribution in [3.8, 4) is 11.5 Å². The lowest BCUT2D eigenvalue weighted by Crippen LogP contribution is -2.50. The van der Waals surface area contributed by atoms with Crippen molar-refractivity contribution in [3.63, 3.8) is 0 Å². The summed E-state index contributed by atoms with van der Waals surface area (Å²) in [5.41, 5.74) is 1.77. The molecule has 1 saturated heterocycles. The fourth-order valence-electron chi connectivity index (χ4n) is 3.80. The summed E-state index contributed by atoms with van der Waals surface area (Å²) in [6.45, 7) is 5.36. The Hall–Kier alpha value is -3.17. The molecule has 3 aromatic rings. The van der Waals surface area contributed by atoms with Gasteiger partial charge in [-0.2, -0.15) is 0 Å². The SMILES string of the molecule is CCOc1ccc2nc(NC(=O)CN3CCN(C(=O)Cc4cccc(OC)c4)CC3)sc2c1. The van der Waals surface area contributed by atoms with Crippen molar-refractivity contribution in [2.75, 3.05) is 51.8 Å². The lowest BCUT2D eigenvalue weighted by atomic mass is 10.1. The summed E-state index contributed by atoms with van der Waals surface area (Å²) in [6, 6.07) is 13.3. The van der Waals surface area contributed by atoms with Crippen LogP contribution in [0.4, 0.5) is 5.13 Å². The van der Waals surface area contributed by atoms with Gasteiger partial charge < -0.3 is 19.7 Å². The van der Waals surface area contributed by atoms with E-state index in [1.165, 1.54) is 11.3 Å². The van der Waals surface area contributed by atoms with Crippen LogP contribution in [0.1, 0.15) is 12.5 Å². The first-order valence-corrected chi connectivity index (χ1v) is 11.8. The number of hydrogen-bond donors (Lipinski definition) is 1. The van der Waals surface area contributed by atoms with Crippen LogP contribution in [0.2, 0.25) is 0 Å². The van der Waals surface area contributed by atoms with Gasteiger partial charge in [0.1, 0.15) is 11.5 Å². The maximum absolute atomic E-state index is 12.7. The first-order chi connectivity index (χ1) is 16.0. The number of piperazine rings is 1. The zero-order valence-corrected chi connectivity index (χ0v) is 19.7. The number of nitrogens with one attached hydrogen (secondary N) is 1. The third kappa shape index (κ3) is 6.00. The van der Waals surface area contributed by atoms with Crippen molar-refractivity contribution in [2.45, 2.75) is 13.3 Å². The van der Waals surface area contributed by atoms with E-state index in [-0.39, 0.29) is 18.4 Å². The minimum atomic E-state index is -0.102. The van der Waals surface area contributed by atoms with Gasteiger partial charge in [0.2, 0.25) is 11.8 Å². The molecule has 0 aliphatic carbocycles. The lowest BCUT2D eigenvalue weighted by Gasteiger charge is -2.34. The van der Waals surface area contributed by atoms with E-state index in [0.717, 1.165) is 27.3 Å². The molecule has 1 aliphatic heterocycles. The first kappa shape index (κ1) is 23.0. The maximum atomic E-state index is 12.7. The first-order valence-electron chi connectivity index (χ1n) is 11.0. The minimum Gasteiger partial charge on any atom is -0.497 e. The molecule has 0 radical (unpaired) electrons. The van der Waals surface area contributed by atoms with Gasteiger partial charge in [-0.15, -0.1) is 0 Å². The van der Waals surface area contributed by atoms with E-state index in [2.05, 4.69) is 15.2 Å². The number of rotatable bonds is 8. The second-order valence-corrected chi connectivity index (χ2v) is 8.85. The van der Waals surface area contributed by atoms with Gasteiger partial charge in [-0.3, -0.25) is 14.5 Å². The fraction of sp³-hybridized carbons (Fsp3) is 0.375. The van der Waals surface area contributed by atoms with Crippen LogP contribution in [0.25, 0.3) is 10.2 Å². The quantitative estimate of drug-likeness (QED) is 0.547. The topological polar surface area (TPSA) is 84.0 Å². The van der Waals surface area contributed by atoms with E-state index < -0.39 is 0 Å². The van der Waals surface area contributed by atoms with Crippen LogP contribution in [-0.2, 0) is 16.0 Å². The Labute approximate surface area is 197 Å². The van der Waals surface area contributed by atoms with Gasteiger partial charge in [0.05, 0.1) is 36.9 Å². The highest BCUT2D eigenvalue weighted by Crippen LogP contribution is 2.29. The summed E-state index contributed by atoms with van der Waals surface area (Å²) in [6.07, 6.45) is 0.348. The van der Waals surface area contributed by atoms with Crippen LogP contribution < -0.4 is 14.8 Å². The molecule has 174 valence electrons. The fourth-order valence-corrected chi connectivity index (χ4v) is 4.71. The molecule has 0 unspecified atom stereocenters. The van der Waals surface area contributed by atoms with Crippen LogP contribution in [0, 0.1) is 0 Å². The summed E-state index contributed by atoms with van der Waals surface area (Å²) in [7, 11) is 1.62. The standard InChI is InChI=1S/C24H28N4O4S/c1-3-32-19-7-8-20-21(15-19)33-24(25-20)26-22(29)16-27-9-11-28(12-10-27)23(30)14-17-5-4-6-18(13-17)31-2/h4-8,13,15H,3,9-12,14,16H2,1-2H3,(H,25,26,29). The molecule has 0 bridgehead atoms. The van der Waals surface area contributed by atoms with Crippen molar-refractivity contribution >= 4 is 38.5 Å². The van der Waals surface area contributed by atoms with E-state index in [0.29, 0.717) is 44.3 Å². The number of fused-ring (bicyclic) bond motifs is 1. The summed E-state index contributed by atoms with van der Waals surface area (Å²) in [5.74, 6) is 1.54. The largest absolute Gasteiger partial charge is 0.497 e. The molecule has 8 nitrogen and oxygen atoms in total. The molecule has 1 N–H and O–H groups in total. The van der Waals surface area contributed by atoms with Crippen LogP contribution in [0.3, 0.4) is 0 Å². The molecule has 1 aliphatic rings. The number of anilines is 1. The number of benzene rings is 2. The number of carbonyl (C=O) groups excluding carboxylic acids is 2. The van der Waals surface area contributed by atoms with Crippen molar-refractivity contribution in [2.24, 2.45) is 0 Å². The summed E-state index contributed by atoms with van der Waals surface area (Å²) < 4.78 is 11.7. The molecule has 0 saturated carbocycles. The molecule has 9 heteroatoms. The molecule has 4 rings (SSSR count). The average Bonchev–Trinajstić information content (AvgIpc) is 3.21. The summed E-state index contributed by atoms with van der Waals surface area (Å²) in [5, 5.41) is 3.48. The third-order valence-corrected chi connectivity index (χ3v) is 6.43. The molecule has 2 heterocycles. The van der Waals surface area contributed by atoms with Gasteiger partial charge >= 0.3 is 0 Å². The van der Waals surface area contributed by atoms with Crippen LogP contribution in [0.15, 0.2) is 42.5 Å². The van der Waals surface area contributed by atoms with Gasteiger partial charge in [-0.1, -0.05) is 23.5 Å². The molecule has 2 amide bonds. The third-order valence-electron chi connectivity index (χ3n) is 5.50. The zero-order valence-electron chi connectivity index (χ0n) is 18.9. The van der Waals surface area contributed by atoms with Gasteiger partial charge in [-0.05, 0) is 42.8 Å². The second kappa shape index (κ2) is 10.6. The number of amides is 2. The predicted octanol–water partition coefficient (Wildman–Crippen LogP) is 3.03. The van der Waals surface area contributed by atoms with E-state index in [1.54, 1.807) is 7.11 Å². The van der Waals surface area contributed by atoms with Gasteiger partial charge in [0, 0.05) is 26.2 Å². The van der Waals surface area contributed by atoms with E-state index in [1.807, 2.05) is 54.3 Å². The Morgan fingerprint density at radius 3 is 2.67 bits per heavy atom. The van der Waals surface area contributed by atoms with Crippen molar-refractivity contribution < 1.29 is 19.1 Å². The van der Waals surface area contributed by atoms with E-state index >= 15 is 0 Å². The average molecular weight is 469 g/mol. The number of methoxy groups -OCH3 is 1. The van der Waals surface area contributed by atoms with E-state index in [9.17, 15) is 9.59 Å². The Kier molecular flexibility index (Phi) is 7.41. The Morgan fingerprint density at radius 2 is 1.91 bits per heavy atom. The van der Waals surface area contributed by atoms with Crippen molar-refractivity contribution in [3.05, 3.63) is 48.0 Å². The number of nitrogens with zero attached hydrogens (tertiary/aromatic N) is 3. The van der Waals surface area contributed by atoms with Gasteiger partial charge in [-0.25, -0.2) is 4.98 Å². The number of carbonyl (C=O) groups is 2. The highest BCUT2D eigenvalue weighted by Gasteiger charge is 2.23. The number of hydrogen-bond acceptors (Lipinski definition) is 7. The summed E-state index contributed by atoms with van der Waals surface area (Å²) in [4.78, 5) is 33.6. The maximum Gasteiger partial charge on any atom is 0.240 e. The summed E-state index contributed by atoms with van der Waals surface area (Å²) >= 11 is 1.43. The van der Waals surface area contributed by atoms with Gasteiger partial charge in [0.25, 0.3) is 0 Å². The van der Waals surface area contributed by atoms with Crippen LogP contribution in [-0.4, -0.2) is 73.0 Å². The number of ether oxygens (including phenoxy) is 2. The molecule has 33 heavy (non-hydrogen) atoms. The Bertz CT molecular complexity index is 1120. The van der Waals surface area contributed by atoms with Crippen LogP contribution in [0.5, 0.6) is 11.5 Å². The van der Waals surface area contributed by atoms with Crippen molar-refractivity contribution in [1.29, 1.82) is 0 Å². The second-order valence-electron chi connectivity index (χ2n) is 7.81. The molecule has 0 spiro atoms. The highest BCUT2D eigenvalue weighted by molar-refractivity contribution is 7.22. The van der Waals surface area contributed by atoms with E-state index in [4.69, 9.17) is 9.47 Å². The molecule has 1 aromatic heterocycles. The lowest BCUT2D eigenvalue weighted by molar-refractivity contribution is -0.132. The predicted molar refractivity (Wildman–Crippen MR) is 129 cm³/mol. The molecule has 0 atom stereocenters. The molecule has 1 fully saturated rings. The van der Waals surface area contributed by atoms with Gasteiger partial charge in [0.15, 0.2) is 5.13 Å². The van der Waals surface area contributed by atoms with Crippen molar-refractivity contribution in [1.82, 2.24) is 14.8 Å². The highest BCUT2D eigenvalue weighted by atomic mass is 32.1. The Balaban J connectivity index is 1.25. The smallest absolute Gasteiger partial charge is 0.240 e. The zero-order chi connectivity index (χ0) is 23.2.